The first-order chi connectivity index (χ1) is 11.2. The molecule has 0 atom stereocenters. The van der Waals surface area contributed by atoms with E-state index in [2.05, 4.69) is 25.4 Å². The SMILES string of the molecule is CNc1nc(C(=O)N(C)Cc2nc(-c3ccccn3)no2)cs1. The first-order valence-electron chi connectivity index (χ1n) is 6.80. The Hall–Kier alpha value is -2.81. The van der Waals surface area contributed by atoms with Crippen LogP contribution in [-0.4, -0.2) is 45.0 Å². The molecule has 1 N–H and O–H groups in total. The van der Waals surface area contributed by atoms with Gasteiger partial charge in [-0.15, -0.1) is 11.3 Å². The van der Waals surface area contributed by atoms with Crippen LogP contribution in [0.2, 0.25) is 0 Å². The van der Waals surface area contributed by atoms with Gasteiger partial charge in [0.25, 0.3) is 5.91 Å². The van der Waals surface area contributed by atoms with Gasteiger partial charge in [0.2, 0.25) is 11.7 Å². The van der Waals surface area contributed by atoms with E-state index in [0.717, 1.165) is 0 Å². The highest BCUT2D eigenvalue weighted by Crippen LogP contribution is 2.17. The summed E-state index contributed by atoms with van der Waals surface area (Å²) in [6, 6.07) is 5.44. The van der Waals surface area contributed by atoms with E-state index in [1.54, 1.807) is 31.7 Å². The summed E-state index contributed by atoms with van der Waals surface area (Å²) in [7, 11) is 3.42. The van der Waals surface area contributed by atoms with Crippen molar-refractivity contribution in [1.29, 1.82) is 0 Å². The number of carbonyl (C=O) groups excluding carboxylic acids is 1. The number of hydrogen-bond donors (Lipinski definition) is 1. The molecule has 118 valence electrons. The fourth-order valence-electron chi connectivity index (χ4n) is 1.88. The first kappa shape index (κ1) is 15.1. The van der Waals surface area contributed by atoms with Crippen LogP contribution in [0.25, 0.3) is 11.5 Å². The van der Waals surface area contributed by atoms with Crippen molar-refractivity contribution in [3.05, 3.63) is 41.4 Å². The Labute approximate surface area is 136 Å². The number of pyridine rings is 1. The summed E-state index contributed by atoms with van der Waals surface area (Å²) in [4.78, 5) is 26.4. The molecule has 0 bridgehead atoms. The topological polar surface area (TPSA) is 97.0 Å². The van der Waals surface area contributed by atoms with Crippen LogP contribution in [0.1, 0.15) is 16.4 Å². The first-order valence-corrected chi connectivity index (χ1v) is 7.68. The number of nitrogens with one attached hydrogen (secondary N) is 1. The van der Waals surface area contributed by atoms with Gasteiger partial charge in [0, 0.05) is 25.7 Å². The molecule has 0 aliphatic heterocycles. The molecule has 0 saturated heterocycles. The molecule has 0 fully saturated rings. The van der Waals surface area contributed by atoms with Crippen LogP contribution in [0.3, 0.4) is 0 Å². The normalized spacial score (nSPS) is 10.5. The van der Waals surface area contributed by atoms with Gasteiger partial charge in [-0.2, -0.15) is 4.98 Å². The van der Waals surface area contributed by atoms with E-state index < -0.39 is 0 Å². The standard InChI is InChI=1S/C14H14N6O2S/c1-15-14-17-10(8-23-14)13(21)20(2)7-11-18-12(19-22-11)9-5-3-4-6-16-9/h3-6,8H,7H2,1-2H3,(H,15,17). The number of rotatable bonds is 5. The van der Waals surface area contributed by atoms with Crippen LogP contribution in [-0.2, 0) is 6.54 Å². The maximum atomic E-state index is 12.3. The van der Waals surface area contributed by atoms with Gasteiger partial charge in [0.05, 0.1) is 0 Å². The molecule has 0 spiro atoms. The van der Waals surface area contributed by atoms with Crippen molar-refractivity contribution in [3.8, 4) is 11.5 Å². The lowest BCUT2D eigenvalue weighted by molar-refractivity contribution is 0.0764. The second-order valence-electron chi connectivity index (χ2n) is 4.68. The average Bonchev–Trinajstić information content (AvgIpc) is 3.24. The van der Waals surface area contributed by atoms with Crippen LogP contribution in [0.4, 0.5) is 5.13 Å². The Morgan fingerprint density at radius 1 is 1.39 bits per heavy atom. The Bertz CT molecular complexity index is 800. The number of anilines is 1. The second-order valence-corrected chi connectivity index (χ2v) is 5.53. The van der Waals surface area contributed by atoms with Crippen molar-refractivity contribution < 1.29 is 9.32 Å². The van der Waals surface area contributed by atoms with E-state index in [1.165, 1.54) is 16.2 Å². The highest BCUT2D eigenvalue weighted by atomic mass is 32.1. The summed E-state index contributed by atoms with van der Waals surface area (Å²) < 4.78 is 5.18. The van der Waals surface area contributed by atoms with E-state index in [-0.39, 0.29) is 12.5 Å². The third kappa shape index (κ3) is 3.34. The molecule has 3 aromatic rings. The highest BCUT2D eigenvalue weighted by Gasteiger charge is 2.18. The monoisotopic (exact) mass is 330 g/mol. The fourth-order valence-corrected chi connectivity index (χ4v) is 2.52. The minimum Gasteiger partial charge on any atom is -0.365 e. The lowest BCUT2D eigenvalue weighted by atomic mass is 10.3. The van der Waals surface area contributed by atoms with Crippen LogP contribution in [0, 0.1) is 0 Å². The van der Waals surface area contributed by atoms with Crippen LogP contribution in [0.5, 0.6) is 0 Å². The summed E-state index contributed by atoms with van der Waals surface area (Å²) in [6.45, 7) is 0.199. The van der Waals surface area contributed by atoms with Gasteiger partial charge in [0.1, 0.15) is 17.9 Å². The maximum Gasteiger partial charge on any atom is 0.273 e. The molecular formula is C14H14N6O2S. The van der Waals surface area contributed by atoms with Gasteiger partial charge in [-0.05, 0) is 12.1 Å². The predicted molar refractivity (Wildman–Crippen MR) is 85.0 cm³/mol. The van der Waals surface area contributed by atoms with Crippen LogP contribution < -0.4 is 5.32 Å². The minimum absolute atomic E-state index is 0.199. The smallest absolute Gasteiger partial charge is 0.273 e. The van der Waals surface area contributed by atoms with Crippen LogP contribution in [0.15, 0.2) is 34.3 Å². The molecule has 0 aromatic carbocycles. The Morgan fingerprint density at radius 3 is 2.96 bits per heavy atom. The zero-order valence-electron chi connectivity index (χ0n) is 12.6. The molecule has 0 aliphatic carbocycles. The number of aromatic nitrogens is 4. The number of thiazole rings is 1. The fraction of sp³-hybridized carbons (Fsp3) is 0.214. The van der Waals surface area contributed by atoms with Crippen molar-refractivity contribution in [2.75, 3.05) is 19.4 Å². The third-order valence-electron chi connectivity index (χ3n) is 3.02. The van der Waals surface area contributed by atoms with E-state index in [9.17, 15) is 4.79 Å². The predicted octanol–water partition coefficient (Wildman–Crippen LogP) is 1.90. The van der Waals surface area contributed by atoms with E-state index in [0.29, 0.717) is 28.2 Å². The van der Waals surface area contributed by atoms with Crippen molar-refractivity contribution in [1.82, 2.24) is 25.0 Å². The van der Waals surface area contributed by atoms with Gasteiger partial charge >= 0.3 is 0 Å². The third-order valence-corrected chi connectivity index (χ3v) is 3.88. The Balaban J connectivity index is 1.69. The molecule has 8 nitrogen and oxygen atoms in total. The summed E-state index contributed by atoms with van der Waals surface area (Å²) >= 11 is 1.37. The molecule has 3 heterocycles. The number of hydrogen-bond acceptors (Lipinski definition) is 8. The van der Waals surface area contributed by atoms with Crippen LogP contribution >= 0.6 is 11.3 Å². The summed E-state index contributed by atoms with van der Waals surface area (Å²) in [6.07, 6.45) is 1.66. The van der Waals surface area contributed by atoms with Crippen molar-refractivity contribution in [3.63, 3.8) is 0 Å². The maximum absolute atomic E-state index is 12.3. The van der Waals surface area contributed by atoms with Crippen molar-refractivity contribution >= 4 is 22.4 Å². The quantitative estimate of drug-likeness (QED) is 0.763. The van der Waals surface area contributed by atoms with Gasteiger partial charge in [-0.25, -0.2) is 4.98 Å². The Morgan fingerprint density at radius 2 is 2.26 bits per heavy atom. The van der Waals surface area contributed by atoms with Gasteiger partial charge < -0.3 is 14.7 Å². The molecule has 1 amide bonds. The zero-order valence-corrected chi connectivity index (χ0v) is 13.4. The zero-order chi connectivity index (χ0) is 16.2. The van der Waals surface area contributed by atoms with Crippen molar-refractivity contribution in [2.45, 2.75) is 6.54 Å². The van der Waals surface area contributed by atoms with Gasteiger partial charge in [-0.3, -0.25) is 9.78 Å². The van der Waals surface area contributed by atoms with Crippen molar-refractivity contribution in [2.24, 2.45) is 0 Å². The summed E-state index contributed by atoms with van der Waals surface area (Å²) in [5.74, 6) is 0.526. The molecule has 0 unspecified atom stereocenters. The summed E-state index contributed by atoms with van der Waals surface area (Å²) in [5.41, 5.74) is 1.00. The van der Waals surface area contributed by atoms with E-state index in [1.807, 2.05) is 12.1 Å². The molecule has 0 radical (unpaired) electrons. The number of amides is 1. The molecule has 23 heavy (non-hydrogen) atoms. The lowest BCUT2D eigenvalue weighted by Gasteiger charge is -2.12. The highest BCUT2D eigenvalue weighted by molar-refractivity contribution is 7.13. The average molecular weight is 330 g/mol. The molecule has 3 rings (SSSR count). The molecule has 0 aliphatic rings. The van der Waals surface area contributed by atoms with E-state index >= 15 is 0 Å². The molecule has 3 aromatic heterocycles. The Kier molecular flexibility index (Phi) is 4.29. The number of nitrogens with zero attached hydrogens (tertiary/aromatic N) is 5. The van der Waals surface area contributed by atoms with Gasteiger partial charge in [-0.1, -0.05) is 11.2 Å². The molecule has 9 heteroatoms. The second kappa shape index (κ2) is 6.53. The molecular weight excluding hydrogens is 316 g/mol. The number of carbonyl (C=O) groups is 1. The summed E-state index contributed by atoms with van der Waals surface area (Å²) in [5, 5.41) is 9.18. The van der Waals surface area contributed by atoms with Gasteiger partial charge in [0.15, 0.2) is 5.13 Å². The minimum atomic E-state index is -0.208. The molecule has 0 saturated carbocycles. The lowest BCUT2D eigenvalue weighted by Crippen LogP contribution is -2.26. The van der Waals surface area contributed by atoms with E-state index in [4.69, 9.17) is 4.52 Å². The largest absolute Gasteiger partial charge is 0.365 e.